The Kier molecular flexibility index (Phi) is 2.88. The Bertz CT molecular complexity index is 277. The van der Waals surface area contributed by atoms with Crippen molar-refractivity contribution in [1.29, 1.82) is 0 Å². The summed E-state index contributed by atoms with van der Waals surface area (Å²) in [6.07, 6.45) is 0.999. The van der Waals surface area contributed by atoms with Gasteiger partial charge in [-0.3, -0.25) is 0 Å². The summed E-state index contributed by atoms with van der Waals surface area (Å²) in [5.41, 5.74) is 11.1. The number of aryl methyl sites for hydroxylation is 2. The molecule has 0 bridgehead atoms. The van der Waals surface area contributed by atoms with Crippen LogP contribution in [0, 0.1) is 20.8 Å². The third kappa shape index (κ3) is 1.67. The van der Waals surface area contributed by atoms with Crippen LogP contribution in [-0.4, -0.2) is 6.54 Å². The molecule has 0 aliphatic rings. The topological polar surface area (TPSA) is 26.0 Å². The maximum Gasteiger partial charge on any atom is -0.00365 e. The minimum Gasteiger partial charge on any atom is -0.330 e. The van der Waals surface area contributed by atoms with Gasteiger partial charge in [0.2, 0.25) is 0 Å². The standard InChI is InChI=1S/C11H17N/c1-8-4-5-9(2)11(6-7-12)10(8)3/h4-5H,6-7,12H2,1-3H3. The van der Waals surface area contributed by atoms with Crippen molar-refractivity contribution in [3.8, 4) is 0 Å². The molecule has 0 aliphatic carbocycles. The van der Waals surface area contributed by atoms with Crippen LogP contribution < -0.4 is 5.73 Å². The molecule has 0 aliphatic heterocycles. The first kappa shape index (κ1) is 9.27. The zero-order valence-corrected chi connectivity index (χ0v) is 8.15. The molecule has 0 unspecified atom stereocenters. The molecular formula is C11H17N. The van der Waals surface area contributed by atoms with Crippen molar-refractivity contribution in [1.82, 2.24) is 0 Å². The Hall–Kier alpha value is -0.820. The third-order valence-electron chi connectivity index (χ3n) is 2.50. The van der Waals surface area contributed by atoms with Gasteiger partial charge in [-0.25, -0.2) is 0 Å². The van der Waals surface area contributed by atoms with Gasteiger partial charge in [0.25, 0.3) is 0 Å². The van der Waals surface area contributed by atoms with E-state index in [1.54, 1.807) is 0 Å². The van der Waals surface area contributed by atoms with Crippen LogP contribution in [0.15, 0.2) is 12.1 Å². The second-order valence-corrected chi connectivity index (χ2v) is 3.34. The Morgan fingerprint density at radius 2 is 1.67 bits per heavy atom. The summed E-state index contributed by atoms with van der Waals surface area (Å²) in [4.78, 5) is 0. The lowest BCUT2D eigenvalue weighted by Gasteiger charge is -2.10. The minimum atomic E-state index is 0.741. The zero-order valence-electron chi connectivity index (χ0n) is 8.15. The molecule has 0 atom stereocenters. The highest BCUT2D eigenvalue weighted by atomic mass is 14.5. The lowest BCUT2D eigenvalue weighted by Crippen LogP contribution is -2.06. The number of hydrogen-bond acceptors (Lipinski definition) is 1. The van der Waals surface area contributed by atoms with Crippen molar-refractivity contribution < 1.29 is 0 Å². The molecule has 0 fully saturated rings. The van der Waals surface area contributed by atoms with E-state index in [-0.39, 0.29) is 0 Å². The summed E-state index contributed by atoms with van der Waals surface area (Å²) >= 11 is 0. The average Bonchev–Trinajstić information content (AvgIpc) is 2.06. The maximum atomic E-state index is 5.55. The van der Waals surface area contributed by atoms with Gasteiger partial charge < -0.3 is 5.73 Å². The summed E-state index contributed by atoms with van der Waals surface area (Å²) in [6.45, 7) is 7.21. The van der Waals surface area contributed by atoms with Crippen LogP contribution in [0.4, 0.5) is 0 Å². The third-order valence-corrected chi connectivity index (χ3v) is 2.50. The van der Waals surface area contributed by atoms with Crippen LogP contribution in [0.5, 0.6) is 0 Å². The SMILES string of the molecule is Cc1ccc(C)c(CCN)c1C. The lowest BCUT2D eigenvalue weighted by molar-refractivity contribution is 0.942. The van der Waals surface area contributed by atoms with E-state index in [0.717, 1.165) is 13.0 Å². The first-order valence-corrected chi connectivity index (χ1v) is 4.42. The van der Waals surface area contributed by atoms with Crippen molar-refractivity contribution in [2.45, 2.75) is 27.2 Å². The maximum absolute atomic E-state index is 5.55. The molecule has 0 heterocycles. The van der Waals surface area contributed by atoms with Crippen LogP contribution in [0.1, 0.15) is 22.3 Å². The summed E-state index contributed by atoms with van der Waals surface area (Å²) < 4.78 is 0. The predicted octanol–water partition coefficient (Wildman–Crippen LogP) is 2.11. The van der Waals surface area contributed by atoms with Gasteiger partial charge in [0.15, 0.2) is 0 Å². The second kappa shape index (κ2) is 3.72. The molecule has 66 valence electrons. The first-order valence-electron chi connectivity index (χ1n) is 4.42. The molecular weight excluding hydrogens is 146 g/mol. The fraction of sp³-hybridized carbons (Fsp3) is 0.455. The Balaban J connectivity index is 3.14. The van der Waals surface area contributed by atoms with Gasteiger partial charge in [-0.05, 0) is 56.0 Å². The van der Waals surface area contributed by atoms with E-state index in [2.05, 4.69) is 32.9 Å². The summed E-state index contributed by atoms with van der Waals surface area (Å²) in [6, 6.07) is 4.35. The highest BCUT2D eigenvalue weighted by Crippen LogP contribution is 2.17. The van der Waals surface area contributed by atoms with Gasteiger partial charge in [0, 0.05) is 0 Å². The van der Waals surface area contributed by atoms with Crippen molar-refractivity contribution in [2.24, 2.45) is 5.73 Å². The number of benzene rings is 1. The molecule has 0 radical (unpaired) electrons. The van der Waals surface area contributed by atoms with Gasteiger partial charge in [-0.15, -0.1) is 0 Å². The van der Waals surface area contributed by atoms with Gasteiger partial charge in [-0.2, -0.15) is 0 Å². The summed E-state index contributed by atoms with van der Waals surface area (Å²) in [5, 5.41) is 0. The molecule has 12 heavy (non-hydrogen) atoms. The van der Waals surface area contributed by atoms with Gasteiger partial charge in [-0.1, -0.05) is 12.1 Å². The zero-order chi connectivity index (χ0) is 9.14. The van der Waals surface area contributed by atoms with Gasteiger partial charge in [0.05, 0.1) is 0 Å². The molecule has 1 heteroatoms. The Morgan fingerprint density at radius 1 is 1.08 bits per heavy atom. The number of rotatable bonds is 2. The van der Waals surface area contributed by atoms with E-state index in [1.165, 1.54) is 22.3 Å². The highest BCUT2D eigenvalue weighted by Gasteiger charge is 2.02. The second-order valence-electron chi connectivity index (χ2n) is 3.34. The molecule has 1 aromatic carbocycles. The molecule has 1 rings (SSSR count). The van der Waals surface area contributed by atoms with E-state index in [1.807, 2.05) is 0 Å². The largest absolute Gasteiger partial charge is 0.330 e. The van der Waals surface area contributed by atoms with Crippen molar-refractivity contribution in [3.63, 3.8) is 0 Å². The normalized spacial score (nSPS) is 10.3. The Morgan fingerprint density at radius 3 is 2.25 bits per heavy atom. The first-order chi connectivity index (χ1) is 5.66. The predicted molar refractivity (Wildman–Crippen MR) is 53.4 cm³/mol. The quantitative estimate of drug-likeness (QED) is 0.710. The molecule has 2 N–H and O–H groups in total. The van der Waals surface area contributed by atoms with E-state index in [4.69, 9.17) is 5.73 Å². The van der Waals surface area contributed by atoms with Crippen LogP contribution in [0.2, 0.25) is 0 Å². The van der Waals surface area contributed by atoms with Crippen molar-refractivity contribution >= 4 is 0 Å². The molecule has 0 spiro atoms. The van der Waals surface area contributed by atoms with E-state index in [9.17, 15) is 0 Å². The summed E-state index contributed by atoms with van der Waals surface area (Å²) in [7, 11) is 0. The molecule has 1 aromatic rings. The van der Waals surface area contributed by atoms with Crippen LogP contribution in [0.25, 0.3) is 0 Å². The fourth-order valence-electron chi connectivity index (χ4n) is 1.54. The molecule has 0 saturated carbocycles. The monoisotopic (exact) mass is 163 g/mol. The molecule has 0 saturated heterocycles. The van der Waals surface area contributed by atoms with Crippen molar-refractivity contribution in [2.75, 3.05) is 6.54 Å². The van der Waals surface area contributed by atoms with Crippen LogP contribution in [0.3, 0.4) is 0 Å². The molecule has 0 aromatic heterocycles. The average molecular weight is 163 g/mol. The van der Waals surface area contributed by atoms with E-state index in [0.29, 0.717) is 0 Å². The van der Waals surface area contributed by atoms with Crippen LogP contribution in [-0.2, 0) is 6.42 Å². The number of hydrogen-bond donors (Lipinski definition) is 1. The van der Waals surface area contributed by atoms with Crippen LogP contribution >= 0.6 is 0 Å². The number of nitrogens with two attached hydrogens (primary N) is 1. The van der Waals surface area contributed by atoms with Crippen molar-refractivity contribution in [3.05, 3.63) is 34.4 Å². The molecule has 0 amide bonds. The fourth-order valence-corrected chi connectivity index (χ4v) is 1.54. The van der Waals surface area contributed by atoms with Gasteiger partial charge >= 0.3 is 0 Å². The van der Waals surface area contributed by atoms with Gasteiger partial charge in [0.1, 0.15) is 0 Å². The molecule has 1 nitrogen and oxygen atoms in total. The lowest BCUT2D eigenvalue weighted by atomic mass is 9.96. The Labute approximate surface area is 74.6 Å². The smallest absolute Gasteiger partial charge is 0.00365 e. The highest BCUT2D eigenvalue weighted by molar-refractivity contribution is 5.39. The van der Waals surface area contributed by atoms with E-state index >= 15 is 0 Å². The minimum absolute atomic E-state index is 0.741. The van der Waals surface area contributed by atoms with E-state index < -0.39 is 0 Å². The summed E-state index contributed by atoms with van der Waals surface area (Å²) in [5.74, 6) is 0.